The van der Waals surface area contributed by atoms with E-state index in [0.717, 1.165) is 30.0 Å². The first kappa shape index (κ1) is 19.4. The summed E-state index contributed by atoms with van der Waals surface area (Å²) in [6, 6.07) is 10.7. The Kier molecular flexibility index (Phi) is 13.4. The van der Waals surface area contributed by atoms with Gasteiger partial charge in [0.15, 0.2) is 0 Å². The van der Waals surface area contributed by atoms with Crippen LogP contribution in [0.4, 0.5) is 0 Å². The molecule has 4 heteroatoms. The number of unbranched alkanes of at least 4 members (excludes halogenated alkanes) is 8. The lowest BCUT2D eigenvalue weighted by molar-refractivity contribution is 0.534. The monoisotopic (exact) mass is 321 g/mol. The van der Waals surface area contributed by atoms with E-state index in [1.54, 1.807) is 0 Å². The Labute approximate surface area is 140 Å². The smallest absolute Gasteiger partial charge is 0.0942 e. The number of nitrogens with one attached hydrogen (secondary N) is 3. The highest BCUT2D eigenvalue weighted by Gasteiger charge is 1.94. The second-order valence-corrected chi connectivity index (χ2v) is 6.52. The van der Waals surface area contributed by atoms with E-state index >= 15 is 0 Å². The highest BCUT2D eigenvalue weighted by molar-refractivity contribution is 6.03. The van der Waals surface area contributed by atoms with Crippen LogP contribution in [0.2, 0.25) is 0 Å². The molecule has 0 bridgehead atoms. The highest BCUT2D eigenvalue weighted by Crippen LogP contribution is 2.09. The summed E-state index contributed by atoms with van der Waals surface area (Å²) in [6.45, 7) is 3.28. The van der Waals surface area contributed by atoms with E-state index in [1.807, 2.05) is 0 Å². The van der Waals surface area contributed by atoms with E-state index in [-0.39, 0.29) is 0 Å². The quantitative estimate of drug-likeness (QED) is 0.264. The molecule has 0 atom stereocenters. The normalized spacial score (nSPS) is 11.1. The Morgan fingerprint density at radius 3 is 1.82 bits per heavy atom. The van der Waals surface area contributed by atoms with Gasteiger partial charge in [0, 0.05) is 13.1 Å². The summed E-state index contributed by atoms with van der Waals surface area (Å²) in [5, 5.41) is 6.63. The van der Waals surface area contributed by atoms with Gasteiger partial charge in [-0.3, -0.25) is 10.5 Å². The molecule has 3 N–H and O–H groups in total. The van der Waals surface area contributed by atoms with E-state index in [0.29, 0.717) is 0 Å². The zero-order chi connectivity index (χ0) is 15.7. The first-order chi connectivity index (χ1) is 10.9. The van der Waals surface area contributed by atoms with Gasteiger partial charge in [0.2, 0.25) is 0 Å². The average molecular weight is 322 g/mol. The minimum absolute atomic E-state index is 1.01. The molecule has 0 spiro atoms. The van der Waals surface area contributed by atoms with Crippen molar-refractivity contribution in [2.45, 2.75) is 64.3 Å². The van der Waals surface area contributed by atoms with Crippen LogP contribution in [0.3, 0.4) is 0 Å². The lowest BCUT2D eigenvalue weighted by Gasteiger charge is -2.05. The van der Waals surface area contributed by atoms with E-state index < -0.39 is 0 Å². The van der Waals surface area contributed by atoms with Crippen LogP contribution in [0.25, 0.3) is 0 Å². The number of hydrazine groups is 1. The fourth-order valence-electron chi connectivity index (χ4n) is 2.65. The van der Waals surface area contributed by atoms with Crippen LogP contribution in [0.1, 0.15) is 63.4 Å². The molecule has 0 heterocycles. The van der Waals surface area contributed by atoms with Crippen LogP contribution in [0.5, 0.6) is 0 Å². The van der Waals surface area contributed by atoms with Crippen molar-refractivity contribution in [1.29, 1.82) is 0 Å². The molecule has 3 nitrogen and oxygen atoms in total. The van der Waals surface area contributed by atoms with E-state index in [1.165, 1.54) is 63.4 Å². The SMILES string of the molecule is [SiH3]NNCCCCCCCCCCCNCc1ccccc1. The van der Waals surface area contributed by atoms with Crippen LogP contribution >= 0.6 is 0 Å². The van der Waals surface area contributed by atoms with Crippen molar-refractivity contribution >= 4 is 10.4 Å². The van der Waals surface area contributed by atoms with Crippen molar-refractivity contribution in [3.8, 4) is 0 Å². The number of benzene rings is 1. The maximum Gasteiger partial charge on any atom is 0.0942 e. The Bertz CT molecular complexity index is 332. The van der Waals surface area contributed by atoms with E-state index in [2.05, 4.69) is 46.2 Å². The summed E-state index contributed by atoms with van der Waals surface area (Å²) in [5.41, 5.74) is 4.58. The topological polar surface area (TPSA) is 36.1 Å². The van der Waals surface area contributed by atoms with Gasteiger partial charge < -0.3 is 5.32 Å². The molecular weight excluding hydrogens is 286 g/mol. The van der Waals surface area contributed by atoms with E-state index in [4.69, 9.17) is 0 Å². The molecule has 1 rings (SSSR count). The molecule has 0 unspecified atom stereocenters. The van der Waals surface area contributed by atoms with Crippen molar-refractivity contribution in [1.82, 2.24) is 15.8 Å². The average Bonchev–Trinajstić information content (AvgIpc) is 2.56. The molecule has 1 aromatic carbocycles. The lowest BCUT2D eigenvalue weighted by Crippen LogP contribution is -2.29. The summed E-state index contributed by atoms with van der Waals surface area (Å²) in [6.07, 6.45) is 12.4. The summed E-state index contributed by atoms with van der Waals surface area (Å²) >= 11 is 0. The van der Waals surface area contributed by atoms with Crippen LogP contribution in [0, 0.1) is 0 Å². The molecule has 0 saturated carbocycles. The molecule has 0 aromatic heterocycles. The fraction of sp³-hybridized carbons (Fsp3) is 0.667. The van der Waals surface area contributed by atoms with Gasteiger partial charge in [0.25, 0.3) is 0 Å². The molecule has 0 radical (unpaired) electrons. The molecule has 0 fully saturated rings. The minimum Gasteiger partial charge on any atom is -0.313 e. The second-order valence-electron chi connectivity index (χ2n) is 6.02. The van der Waals surface area contributed by atoms with Crippen molar-refractivity contribution in [2.75, 3.05) is 13.1 Å². The predicted octanol–water partition coefficient (Wildman–Crippen LogP) is 2.66. The summed E-state index contributed by atoms with van der Waals surface area (Å²) in [7, 11) is 1.04. The highest BCUT2D eigenvalue weighted by atomic mass is 28.2. The zero-order valence-electron chi connectivity index (χ0n) is 14.4. The number of rotatable bonds is 15. The standard InChI is InChI=1S/C18H35N3Si/c22-21-20-16-12-7-5-3-1-2-4-6-11-15-19-17-18-13-9-8-10-14-18/h8-10,13-14,19-21H,1-7,11-12,15-17H2,22H3. The molecule has 22 heavy (non-hydrogen) atoms. The fourth-order valence-corrected chi connectivity index (χ4v) is 2.90. The van der Waals surface area contributed by atoms with Crippen LogP contribution in [0.15, 0.2) is 30.3 Å². The predicted molar refractivity (Wildman–Crippen MR) is 101 cm³/mol. The molecule has 0 aliphatic heterocycles. The maximum absolute atomic E-state index is 3.53. The third-order valence-corrected chi connectivity index (χ3v) is 4.36. The van der Waals surface area contributed by atoms with Crippen molar-refractivity contribution < 1.29 is 0 Å². The van der Waals surface area contributed by atoms with Gasteiger partial charge in [-0.25, -0.2) is 0 Å². The Balaban J connectivity index is 1.73. The van der Waals surface area contributed by atoms with Gasteiger partial charge in [-0.2, -0.15) is 0 Å². The Hall–Kier alpha value is -0.683. The first-order valence-electron chi connectivity index (χ1n) is 9.07. The molecule has 0 aliphatic rings. The van der Waals surface area contributed by atoms with Crippen LogP contribution in [-0.2, 0) is 6.54 Å². The van der Waals surface area contributed by atoms with Crippen molar-refractivity contribution in [2.24, 2.45) is 0 Å². The summed E-state index contributed by atoms with van der Waals surface area (Å²) < 4.78 is 0. The minimum atomic E-state index is 1.01. The Morgan fingerprint density at radius 2 is 1.23 bits per heavy atom. The third-order valence-electron chi connectivity index (χ3n) is 4.00. The molecule has 0 saturated heterocycles. The second kappa shape index (κ2) is 15.2. The van der Waals surface area contributed by atoms with Gasteiger partial charge in [0.1, 0.15) is 0 Å². The van der Waals surface area contributed by atoms with E-state index in [9.17, 15) is 0 Å². The van der Waals surface area contributed by atoms with Gasteiger partial charge in [0.05, 0.1) is 10.4 Å². The van der Waals surface area contributed by atoms with Gasteiger partial charge in [-0.05, 0) is 24.9 Å². The maximum atomic E-state index is 3.53. The van der Waals surface area contributed by atoms with Gasteiger partial charge in [-0.1, -0.05) is 75.3 Å². The Morgan fingerprint density at radius 1 is 0.682 bits per heavy atom. The molecule has 126 valence electrons. The van der Waals surface area contributed by atoms with Crippen LogP contribution in [-0.4, -0.2) is 23.5 Å². The largest absolute Gasteiger partial charge is 0.313 e. The molecule has 0 amide bonds. The number of hydrogen-bond acceptors (Lipinski definition) is 3. The van der Waals surface area contributed by atoms with Gasteiger partial charge in [-0.15, -0.1) is 0 Å². The van der Waals surface area contributed by atoms with Crippen molar-refractivity contribution in [3.63, 3.8) is 0 Å². The molecular formula is C18H35N3Si. The molecule has 1 aromatic rings. The lowest BCUT2D eigenvalue weighted by atomic mass is 10.1. The molecule has 0 aliphatic carbocycles. The first-order valence-corrected chi connectivity index (χ1v) is 10.1. The zero-order valence-corrected chi connectivity index (χ0v) is 16.4. The van der Waals surface area contributed by atoms with Crippen molar-refractivity contribution in [3.05, 3.63) is 35.9 Å². The summed E-state index contributed by atoms with van der Waals surface area (Å²) in [5.74, 6) is 0. The van der Waals surface area contributed by atoms with Gasteiger partial charge >= 0.3 is 0 Å². The third kappa shape index (κ3) is 11.9. The summed E-state index contributed by atoms with van der Waals surface area (Å²) in [4.78, 5) is 0. The number of hydrogen-bond donors (Lipinski definition) is 3. The van der Waals surface area contributed by atoms with Crippen LogP contribution < -0.4 is 15.8 Å².